The highest BCUT2D eigenvalue weighted by atomic mass is 16.5. The monoisotopic (exact) mass is 358 g/mol. The molecule has 2 saturated heterocycles. The average molecular weight is 358 g/mol. The number of ether oxygens (including phenoxy) is 1. The Morgan fingerprint density at radius 2 is 2.15 bits per heavy atom. The molecular weight excluding hydrogens is 332 g/mol. The van der Waals surface area contributed by atoms with Crippen LogP contribution in [0.5, 0.6) is 0 Å². The van der Waals surface area contributed by atoms with E-state index in [1.165, 1.54) is 19.8 Å². The van der Waals surface area contributed by atoms with E-state index in [1.807, 2.05) is 4.90 Å². The van der Waals surface area contributed by atoms with E-state index in [9.17, 15) is 9.59 Å². The van der Waals surface area contributed by atoms with Crippen LogP contribution >= 0.6 is 0 Å². The number of fused-ring (bicyclic) bond motifs is 1. The summed E-state index contributed by atoms with van der Waals surface area (Å²) in [4.78, 5) is 35.6. The van der Waals surface area contributed by atoms with Crippen LogP contribution in [0.1, 0.15) is 61.3 Å². The van der Waals surface area contributed by atoms with Crippen LogP contribution in [0.25, 0.3) is 0 Å². The van der Waals surface area contributed by atoms with E-state index in [2.05, 4.69) is 15.3 Å². The lowest BCUT2D eigenvalue weighted by Gasteiger charge is -2.38. The minimum absolute atomic E-state index is 0.0586. The Bertz CT molecular complexity index is 704. The fourth-order valence-corrected chi connectivity index (χ4v) is 4.70. The van der Waals surface area contributed by atoms with Gasteiger partial charge in [0.15, 0.2) is 0 Å². The van der Waals surface area contributed by atoms with Gasteiger partial charge in [0.2, 0.25) is 5.91 Å². The number of nitrogens with zero attached hydrogens (tertiary/aromatic N) is 3. The SMILES string of the molecule is CC(=O)NC12CCOCC1CN(C(=O)c1ccnc(C3CCCC3)n1)C2. The first-order valence-corrected chi connectivity index (χ1v) is 9.56. The van der Waals surface area contributed by atoms with Crippen molar-refractivity contribution in [1.29, 1.82) is 0 Å². The van der Waals surface area contributed by atoms with Crippen LogP contribution in [0.15, 0.2) is 12.3 Å². The molecule has 2 atom stereocenters. The molecule has 2 aliphatic heterocycles. The maximum atomic E-state index is 13.1. The zero-order chi connectivity index (χ0) is 18.1. The Balaban J connectivity index is 1.53. The van der Waals surface area contributed by atoms with Crippen LogP contribution in [0.4, 0.5) is 0 Å². The normalized spacial score (nSPS) is 28.8. The molecule has 3 aliphatic rings. The Morgan fingerprint density at radius 3 is 2.92 bits per heavy atom. The van der Waals surface area contributed by atoms with Crippen LogP contribution in [0, 0.1) is 5.92 Å². The van der Waals surface area contributed by atoms with Crippen LogP contribution in [-0.4, -0.2) is 58.5 Å². The third-order valence-corrected chi connectivity index (χ3v) is 6.03. The standard InChI is InChI=1S/C19H26N4O3/c1-13(24)22-19-7-9-26-11-15(19)10-23(12-19)18(25)16-6-8-20-17(21-16)14-4-2-3-5-14/h6,8,14-15H,2-5,7,9-12H2,1H3,(H,22,24). The predicted octanol–water partition coefficient (Wildman–Crippen LogP) is 1.50. The molecule has 1 aromatic heterocycles. The van der Waals surface area contributed by atoms with Crippen molar-refractivity contribution in [3.63, 3.8) is 0 Å². The van der Waals surface area contributed by atoms with Crippen molar-refractivity contribution in [2.24, 2.45) is 5.92 Å². The maximum Gasteiger partial charge on any atom is 0.272 e. The quantitative estimate of drug-likeness (QED) is 0.885. The van der Waals surface area contributed by atoms with Gasteiger partial charge in [-0.1, -0.05) is 12.8 Å². The van der Waals surface area contributed by atoms with Gasteiger partial charge in [0.05, 0.1) is 12.1 Å². The molecule has 1 aliphatic carbocycles. The molecular formula is C19H26N4O3. The Labute approximate surface area is 153 Å². The van der Waals surface area contributed by atoms with Crippen LogP contribution in [0.2, 0.25) is 0 Å². The number of aromatic nitrogens is 2. The molecule has 4 rings (SSSR count). The van der Waals surface area contributed by atoms with E-state index in [-0.39, 0.29) is 23.3 Å². The molecule has 1 aromatic rings. The second-order valence-corrected chi connectivity index (χ2v) is 7.83. The smallest absolute Gasteiger partial charge is 0.272 e. The van der Waals surface area contributed by atoms with Crippen molar-refractivity contribution in [2.75, 3.05) is 26.3 Å². The van der Waals surface area contributed by atoms with Crippen molar-refractivity contribution >= 4 is 11.8 Å². The molecule has 0 radical (unpaired) electrons. The molecule has 2 unspecified atom stereocenters. The Morgan fingerprint density at radius 1 is 1.35 bits per heavy atom. The fourth-order valence-electron chi connectivity index (χ4n) is 4.70. The zero-order valence-corrected chi connectivity index (χ0v) is 15.2. The van der Waals surface area contributed by atoms with Gasteiger partial charge in [0.1, 0.15) is 11.5 Å². The molecule has 0 aromatic carbocycles. The van der Waals surface area contributed by atoms with E-state index in [4.69, 9.17) is 4.74 Å². The summed E-state index contributed by atoms with van der Waals surface area (Å²) >= 11 is 0. The first-order valence-electron chi connectivity index (χ1n) is 9.56. The van der Waals surface area contributed by atoms with Crippen molar-refractivity contribution in [3.05, 3.63) is 23.8 Å². The Hall–Kier alpha value is -2.02. The third-order valence-electron chi connectivity index (χ3n) is 6.03. The molecule has 0 bridgehead atoms. The number of likely N-dealkylation sites (tertiary alicyclic amines) is 1. The first-order chi connectivity index (χ1) is 12.6. The highest BCUT2D eigenvalue weighted by Gasteiger charge is 2.50. The van der Waals surface area contributed by atoms with E-state index < -0.39 is 0 Å². The molecule has 7 nitrogen and oxygen atoms in total. The maximum absolute atomic E-state index is 13.1. The molecule has 26 heavy (non-hydrogen) atoms. The number of rotatable bonds is 3. The number of carbonyl (C=O) groups excluding carboxylic acids is 2. The summed E-state index contributed by atoms with van der Waals surface area (Å²) in [5, 5.41) is 3.10. The molecule has 140 valence electrons. The third kappa shape index (κ3) is 3.20. The summed E-state index contributed by atoms with van der Waals surface area (Å²) in [7, 11) is 0. The van der Waals surface area contributed by atoms with Gasteiger partial charge in [-0.15, -0.1) is 0 Å². The molecule has 0 spiro atoms. The minimum Gasteiger partial charge on any atom is -0.381 e. The van der Waals surface area contributed by atoms with Crippen LogP contribution in [0.3, 0.4) is 0 Å². The largest absolute Gasteiger partial charge is 0.381 e. The molecule has 1 saturated carbocycles. The van der Waals surface area contributed by atoms with Crippen molar-refractivity contribution in [3.8, 4) is 0 Å². The average Bonchev–Trinajstić information content (AvgIpc) is 3.28. The van der Waals surface area contributed by atoms with E-state index >= 15 is 0 Å². The molecule has 7 heteroatoms. The fraction of sp³-hybridized carbons (Fsp3) is 0.684. The van der Waals surface area contributed by atoms with Gasteiger partial charge in [0.25, 0.3) is 5.91 Å². The van der Waals surface area contributed by atoms with Gasteiger partial charge in [-0.25, -0.2) is 9.97 Å². The van der Waals surface area contributed by atoms with Gasteiger partial charge >= 0.3 is 0 Å². The predicted molar refractivity (Wildman–Crippen MR) is 94.6 cm³/mol. The van der Waals surface area contributed by atoms with Crippen molar-refractivity contribution in [2.45, 2.75) is 50.5 Å². The lowest BCUT2D eigenvalue weighted by molar-refractivity contribution is -0.122. The molecule has 1 N–H and O–H groups in total. The van der Waals surface area contributed by atoms with Crippen LogP contribution in [-0.2, 0) is 9.53 Å². The highest BCUT2D eigenvalue weighted by molar-refractivity contribution is 5.92. The second-order valence-electron chi connectivity index (χ2n) is 7.83. The minimum atomic E-state index is -0.374. The molecule has 3 fully saturated rings. The van der Waals surface area contributed by atoms with Gasteiger partial charge in [0, 0.05) is 44.7 Å². The molecule has 2 amide bonds. The summed E-state index contributed by atoms with van der Waals surface area (Å²) in [6.07, 6.45) is 7.05. The first kappa shape index (κ1) is 17.4. The summed E-state index contributed by atoms with van der Waals surface area (Å²) < 4.78 is 5.60. The van der Waals surface area contributed by atoms with E-state index in [0.717, 1.165) is 25.1 Å². The number of amides is 2. The summed E-state index contributed by atoms with van der Waals surface area (Å²) in [6, 6.07) is 1.70. The number of carbonyl (C=O) groups is 2. The van der Waals surface area contributed by atoms with Crippen molar-refractivity contribution < 1.29 is 14.3 Å². The lowest BCUT2D eigenvalue weighted by Crippen LogP contribution is -2.57. The van der Waals surface area contributed by atoms with E-state index in [0.29, 0.717) is 37.9 Å². The molecule has 3 heterocycles. The Kier molecular flexibility index (Phi) is 4.65. The summed E-state index contributed by atoms with van der Waals surface area (Å²) in [5.41, 5.74) is 0.0839. The lowest BCUT2D eigenvalue weighted by atomic mass is 9.83. The highest BCUT2D eigenvalue weighted by Crippen LogP contribution is 2.35. The second kappa shape index (κ2) is 6.95. The van der Waals surface area contributed by atoms with Gasteiger partial charge < -0.3 is 15.0 Å². The van der Waals surface area contributed by atoms with Gasteiger partial charge in [-0.05, 0) is 25.3 Å². The zero-order valence-electron chi connectivity index (χ0n) is 15.2. The summed E-state index contributed by atoms with van der Waals surface area (Å²) in [5.74, 6) is 1.16. The van der Waals surface area contributed by atoms with E-state index in [1.54, 1.807) is 12.3 Å². The number of hydrogen-bond acceptors (Lipinski definition) is 5. The number of hydrogen-bond donors (Lipinski definition) is 1. The summed E-state index contributed by atoms with van der Waals surface area (Å²) in [6.45, 7) is 3.81. The number of nitrogens with one attached hydrogen (secondary N) is 1. The van der Waals surface area contributed by atoms with Crippen molar-refractivity contribution in [1.82, 2.24) is 20.2 Å². The van der Waals surface area contributed by atoms with Gasteiger partial charge in [-0.2, -0.15) is 0 Å². The van der Waals surface area contributed by atoms with Gasteiger partial charge in [-0.3, -0.25) is 9.59 Å². The topological polar surface area (TPSA) is 84.4 Å². The van der Waals surface area contributed by atoms with Crippen LogP contribution < -0.4 is 5.32 Å².